The number of hydrogen-bond acceptors (Lipinski definition) is 4. The predicted molar refractivity (Wildman–Crippen MR) is 45.0 cm³/mol. The van der Waals surface area contributed by atoms with Crippen LogP contribution in [0.25, 0.3) is 0 Å². The van der Waals surface area contributed by atoms with Crippen molar-refractivity contribution in [3.8, 4) is 0 Å². The second-order valence-corrected chi connectivity index (χ2v) is 1.38. The molecule has 0 spiro atoms. The minimum Gasteiger partial charge on any atom is -0.344 e. The lowest BCUT2D eigenvalue weighted by atomic mass is 10.3. The van der Waals surface area contributed by atoms with Gasteiger partial charge in [0.15, 0.2) is 0 Å². The normalized spacial score (nSPS) is 6.00. The lowest BCUT2D eigenvalue weighted by Gasteiger charge is -1.80. The predicted octanol–water partition coefficient (Wildman–Crippen LogP) is 0.981. The summed E-state index contributed by atoms with van der Waals surface area (Å²) in [6, 6.07) is 0. The molecule has 0 atom stereocenters. The van der Waals surface area contributed by atoms with Gasteiger partial charge in [-0.25, -0.2) is 0 Å². The van der Waals surface area contributed by atoms with Gasteiger partial charge in [-0.1, -0.05) is 13.3 Å². The van der Waals surface area contributed by atoms with E-state index in [-0.39, 0.29) is 18.6 Å². The van der Waals surface area contributed by atoms with E-state index in [1.807, 2.05) is 0 Å². The first kappa shape index (κ1) is 22.4. The monoisotopic (exact) mass is 189 g/mol. The Kier molecular flexibility index (Phi) is 46.4. The van der Waals surface area contributed by atoms with Crippen LogP contribution in [-0.2, 0) is 0 Å². The van der Waals surface area contributed by atoms with E-state index >= 15 is 0 Å². The fourth-order valence-corrected chi connectivity index (χ4v) is 0.204. The molecule has 11 heavy (non-hydrogen) atoms. The smallest absolute Gasteiger partial charge is 0.291 e. The molecule has 0 rings (SSSR count). The first-order valence-electron chi connectivity index (χ1n) is 2.68. The molecular weight excluding hydrogens is 174 g/mol. The molecule has 7 heteroatoms. The van der Waals surface area contributed by atoms with Crippen molar-refractivity contribution in [3.63, 3.8) is 0 Å². The van der Waals surface area contributed by atoms with Gasteiger partial charge in [-0.05, 0) is 13.0 Å². The quantitative estimate of drug-likeness (QED) is 0.441. The summed E-state index contributed by atoms with van der Waals surface area (Å²) in [6.07, 6.45) is 2.39. The molecule has 0 aliphatic rings. The average Bonchev–Trinajstić information content (AvgIpc) is 1.66. The van der Waals surface area contributed by atoms with Crippen LogP contribution in [0, 0.1) is 10.1 Å². The van der Waals surface area contributed by atoms with Crippen LogP contribution >= 0.6 is 12.4 Å². The van der Waals surface area contributed by atoms with Crippen molar-refractivity contribution in [2.24, 2.45) is 5.73 Å². The van der Waals surface area contributed by atoms with Gasteiger partial charge in [-0.2, -0.15) is 0 Å². The van der Waals surface area contributed by atoms with E-state index < -0.39 is 5.09 Å². The fraction of sp³-hybridized carbons (Fsp3) is 1.00. The minimum atomic E-state index is -1.50. The molecule has 0 aromatic rings. The van der Waals surface area contributed by atoms with Crippen molar-refractivity contribution < 1.29 is 10.3 Å². The lowest BCUT2D eigenvalue weighted by molar-refractivity contribution is -0.742. The number of unbranched alkanes of at least 4 members (excludes halogenated alkanes) is 1. The molecule has 0 aliphatic heterocycles. The maximum atomic E-state index is 8.36. The summed E-state index contributed by atoms with van der Waals surface area (Å²) in [4.78, 5) is 8.36. The van der Waals surface area contributed by atoms with Crippen molar-refractivity contribution >= 4 is 12.4 Å². The first-order chi connectivity index (χ1) is 4.15. The molecule has 0 aliphatic carbocycles. The van der Waals surface area contributed by atoms with Gasteiger partial charge >= 0.3 is 0 Å². The molecular formula is C4H16ClN3O3. The zero-order valence-electron chi connectivity index (χ0n) is 6.52. The summed E-state index contributed by atoms with van der Waals surface area (Å²) in [7, 11) is 0. The molecule has 6 N–H and O–H groups in total. The van der Waals surface area contributed by atoms with Gasteiger partial charge in [0.2, 0.25) is 0 Å². The summed E-state index contributed by atoms with van der Waals surface area (Å²) in [6.45, 7) is 2.98. The zero-order chi connectivity index (χ0) is 7.70. The fourth-order valence-electron chi connectivity index (χ4n) is 0.204. The van der Waals surface area contributed by atoms with Crippen LogP contribution < -0.4 is 11.9 Å². The summed E-state index contributed by atoms with van der Waals surface area (Å²) in [5, 5.41) is 13.6. The highest BCUT2D eigenvalue weighted by Crippen LogP contribution is 1.77. The maximum Gasteiger partial charge on any atom is 0.291 e. The molecule has 0 bridgehead atoms. The molecule has 0 heterocycles. The van der Waals surface area contributed by atoms with Crippen molar-refractivity contribution in [1.82, 2.24) is 6.15 Å². The van der Waals surface area contributed by atoms with Crippen LogP contribution in [0.4, 0.5) is 0 Å². The molecule has 0 amide bonds. The van der Waals surface area contributed by atoms with Crippen molar-refractivity contribution in [1.29, 1.82) is 0 Å². The average molecular weight is 190 g/mol. The lowest BCUT2D eigenvalue weighted by Crippen LogP contribution is -1.95. The first-order valence-corrected chi connectivity index (χ1v) is 2.68. The number of rotatable bonds is 2. The molecule has 6 nitrogen and oxygen atoms in total. The summed E-state index contributed by atoms with van der Waals surface area (Å²) in [5.41, 5.74) is 5.14. The van der Waals surface area contributed by atoms with E-state index in [1.54, 1.807) is 0 Å². The number of nitrogens with two attached hydrogens (primary N) is 1. The number of hydrogen-bond donors (Lipinski definition) is 3. The van der Waals surface area contributed by atoms with Crippen molar-refractivity contribution in [2.75, 3.05) is 6.54 Å². The van der Waals surface area contributed by atoms with Crippen LogP contribution in [0.2, 0.25) is 0 Å². The molecule has 72 valence electrons. The van der Waals surface area contributed by atoms with Crippen LogP contribution in [0.1, 0.15) is 19.8 Å². The van der Waals surface area contributed by atoms with Crippen LogP contribution in [0.5, 0.6) is 0 Å². The maximum absolute atomic E-state index is 8.36. The van der Waals surface area contributed by atoms with E-state index in [4.69, 9.17) is 21.1 Å². The Hall–Kier alpha value is -0.590. The molecule has 0 saturated carbocycles. The van der Waals surface area contributed by atoms with Crippen molar-refractivity contribution in [2.45, 2.75) is 19.8 Å². The second-order valence-electron chi connectivity index (χ2n) is 1.38. The summed E-state index contributed by atoms with van der Waals surface area (Å²) >= 11 is 0. The largest absolute Gasteiger partial charge is 0.344 e. The highest BCUT2D eigenvalue weighted by atomic mass is 35.5. The molecule has 0 aromatic heterocycles. The van der Waals surface area contributed by atoms with E-state index in [0.717, 1.165) is 6.54 Å². The Morgan fingerprint density at radius 2 is 1.91 bits per heavy atom. The molecule has 0 aromatic carbocycles. The Morgan fingerprint density at radius 3 is 1.91 bits per heavy atom. The highest BCUT2D eigenvalue weighted by Gasteiger charge is 1.68. The van der Waals surface area contributed by atoms with Gasteiger partial charge in [0.25, 0.3) is 5.09 Å². The minimum absolute atomic E-state index is 0. The third-order valence-corrected chi connectivity index (χ3v) is 0.558. The van der Waals surface area contributed by atoms with E-state index in [9.17, 15) is 0 Å². The number of halogens is 1. The van der Waals surface area contributed by atoms with E-state index in [0.29, 0.717) is 0 Å². The summed E-state index contributed by atoms with van der Waals surface area (Å²) < 4.78 is 0. The van der Waals surface area contributed by atoms with E-state index in [1.165, 1.54) is 12.8 Å². The van der Waals surface area contributed by atoms with Crippen LogP contribution in [0.3, 0.4) is 0 Å². The Balaban J connectivity index is -0.0000000383. The molecule has 0 radical (unpaired) electrons. The van der Waals surface area contributed by atoms with Gasteiger partial charge < -0.3 is 17.1 Å². The number of nitrogens with zero attached hydrogens (tertiary/aromatic N) is 1. The standard InChI is InChI=1S/C4H11N.ClH.HNO3.H3N/c1-2-3-4-5;;2-1(3)4;/h2-5H2,1H3;1H;(H,2,3,4);1H3. The highest BCUT2D eigenvalue weighted by molar-refractivity contribution is 5.85. The zero-order valence-corrected chi connectivity index (χ0v) is 7.34. The molecule has 0 fully saturated rings. The van der Waals surface area contributed by atoms with Gasteiger partial charge in [0, 0.05) is 0 Å². The van der Waals surface area contributed by atoms with Gasteiger partial charge in [0.1, 0.15) is 0 Å². The third kappa shape index (κ3) is 260. The Bertz CT molecular complexity index is 67.6. The van der Waals surface area contributed by atoms with Crippen LogP contribution in [-0.4, -0.2) is 16.8 Å². The van der Waals surface area contributed by atoms with Gasteiger partial charge in [0.05, 0.1) is 0 Å². The SMILES string of the molecule is CCCCN.Cl.N.O=[N+]([O-])O. The molecule has 0 saturated heterocycles. The van der Waals surface area contributed by atoms with Crippen LogP contribution in [0.15, 0.2) is 0 Å². The van der Waals surface area contributed by atoms with Crippen molar-refractivity contribution in [3.05, 3.63) is 10.1 Å². The third-order valence-electron chi connectivity index (χ3n) is 0.558. The van der Waals surface area contributed by atoms with Gasteiger partial charge in [-0.3, -0.25) is 0 Å². The van der Waals surface area contributed by atoms with E-state index in [2.05, 4.69) is 6.92 Å². The Labute approximate surface area is 71.9 Å². The summed E-state index contributed by atoms with van der Waals surface area (Å²) in [5.74, 6) is 0. The Morgan fingerprint density at radius 1 is 1.64 bits per heavy atom. The topological polar surface area (TPSA) is 124 Å². The van der Waals surface area contributed by atoms with Gasteiger partial charge in [-0.15, -0.1) is 22.5 Å². The second kappa shape index (κ2) is 22.7. The molecule has 0 unspecified atom stereocenters.